The summed E-state index contributed by atoms with van der Waals surface area (Å²) in [6.45, 7) is 4.18. The van der Waals surface area contributed by atoms with Gasteiger partial charge in [0.05, 0.1) is 16.5 Å². The van der Waals surface area contributed by atoms with Gasteiger partial charge < -0.3 is 4.90 Å². The minimum Gasteiger partial charge on any atom is -0.340 e. The number of halogens is 2. The van der Waals surface area contributed by atoms with Crippen molar-refractivity contribution < 1.29 is 4.79 Å². The molecule has 24 heavy (non-hydrogen) atoms. The monoisotopic (exact) mass is 363 g/mol. The van der Waals surface area contributed by atoms with E-state index < -0.39 is 0 Å². The maximum Gasteiger partial charge on any atom is 0.227 e. The minimum absolute atomic E-state index is 0.136. The van der Waals surface area contributed by atoms with E-state index in [-0.39, 0.29) is 5.91 Å². The molecule has 6 heteroatoms. The molecule has 1 amide bonds. The zero-order valence-corrected chi connectivity index (χ0v) is 14.8. The van der Waals surface area contributed by atoms with Crippen LogP contribution in [0.25, 0.3) is 0 Å². The van der Waals surface area contributed by atoms with Crippen LogP contribution in [0.2, 0.25) is 10.0 Å². The first kappa shape index (κ1) is 17.2. The molecule has 126 valence electrons. The third-order valence-corrected chi connectivity index (χ3v) is 4.96. The van der Waals surface area contributed by atoms with Crippen LogP contribution < -0.4 is 0 Å². The first-order chi connectivity index (χ1) is 11.6. The van der Waals surface area contributed by atoms with Gasteiger partial charge in [0, 0.05) is 45.1 Å². The standard InChI is InChI=1S/C18H19Cl2N3O/c19-16-2-1-15(11-17(16)20)12-18(24)23-9-7-22(8-10-23)13-14-3-5-21-6-4-14/h1-6,11H,7-10,12-13H2. The van der Waals surface area contributed by atoms with Crippen molar-refractivity contribution in [3.8, 4) is 0 Å². The molecule has 1 aromatic heterocycles. The summed E-state index contributed by atoms with van der Waals surface area (Å²) >= 11 is 11.9. The minimum atomic E-state index is 0.136. The average Bonchev–Trinajstić information content (AvgIpc) is 2.60. The van der Waals surface area contributed by atoms with Crippen molar-refractivity contribution in [1.29, 1.82) is 0 Å². The molecule has 0 radical (unpaired) electrons. The van der Waals surface area contributed by atoms with Gasteiger partial charge in [-0.3, -0.25) is 14.7 Å². The molecule has 1 aliphatic rings. The van der Waals surface area contributed by atoms with E-state index in [4.69, 9.17) is 23.2 Å². The molecule has 0 saturated carbocycles. The van der Waals surface area contributed by atoms with Gasteiger partial charge in [0.15, 0.2) is 0 Å². The second kappa shape index (κ2) is 7.97. The summed E-state index contributed by atoms with van der Waals surface area (Å²) < 4.78 is 0. The number of hydrogen-bond acceptors (Lipinski definition) is 3. The molecular weight excluding hydrogens is 345 g/mol. The van der Waals surface area contributed by atoms with Gasteiger partial charge in [-0.25, -0.2) is 0 Å². The predicted octanol–water partition coefficient (Wildman–Crippen LogP) is 3.28. The smallest absolute Gasteiger partial charge is 0.227 e. The SMILES string of the molecule is O=C(Cc1ccc(Cl)c(Cl)c1)N1CCN(Cc2ccncc2)CC1. The van der Waals surface area contributed by atoms with Gasteiger partial charge >= 0.3 is 0 Å². The number of carbonyl (C=O) groups is 1. The molecule has 3 rings (SSSR count). The number of benzene rings is 1. The van der Waals surface area contributed by atoms with Gasteiger partial charge in [0.25, 0.3) is 0 Å². The first-order valence-electron chi connectivity index (χ1n) is 7.95. The van der Waals surface area contributed by atoms with E-state index in [9.17, 15) is 4.79 Å². The number of nitrogens with zero attached hydrogens (tertiary/aromatic N) is 3. The molecule has 2 aromatic rings. The number of carbonyl (C=O) groups excluding carboxylic acids is 1. The topological polar surface area (TPSA) is 36.4 Å². The Morgan fingerprint density at radius 1 is 0.958 bits per heavy atom. The van der Waals surface area contributed by atoms with E-state index in [1.54, 1.807) is 12.1 Å². The summed E-state index contributed by atoms with van der Waals surface area (Å²) in [4.78, 5) is 20.8. The summed E-state index contributed by atoms with van der Waals surface area (Å²) in [5.41, 5.74) is 2.15. The zero-order chi connectivity index (χ0) is 16.9. The molecule has 2 heterocycles. The maximum atomic E-state index is 12.5. The Balaban J connectivity index is 1.50. The number of pyridine rings is 1. The first-order valence-corrected chi connectivity index (χ1v) is 8.70. The lowest BCUT2D eigenvalue weighted by molar-refractivity contribution is -0.132. The van der Waals surface area contributed by atoms with Gasteiger partial charge in [-0.1, -0.05) is 29.3 Å². The molecule has 1 aliphatic heterocycles. The highest BCUT2D eigenvalue weighted by Crippen LogP contribution is 2.23. The largest absolute Gasteiger partial charge is 0.340 e. The third kappa shape index (κ3) is 4.47. The average molecular weight is 364 g/mol. The summed E-state index contributed by atoms with van der Waals surface area (Å²) in [7, 11) is 0. The van der Waals surface area contributed by atoms with Crippen LogP contribution in [0.5, 0.6) is 0 Å². The van der Waals surface area contributed by atoms with Crippen LogP contribution in [0, 0.1) is 0 Å². The van der Waals surface area contributed by atoms with Gasteiger partial charge in [-0.2, -0.15) is 0 Å². The Kier molecular flexibility index (Phi) is 5.72. The summed E-state index contributed by atoms with van der Waals surface area (Å²) in [5, 5.41) is 1.00. The van der Waals surface area contributed by atoms with Crippen LogP contribution in [0.1, 0.15) is 11.1 Å². The number of piperazine rings is 1. The third-order valence-electron chi connectivity index (χ3n) is 4.22. The second-order valence-corrected chi connectivity index (χ2v) is 6.75. The lowest BCUT2D eigenvalue weighted by atomic mass is 10.1. The van der Waals surface area contributed by atoms with Crippen molar-refractivity contribution in [2.75, 3.05) is 26.2 Å². The van der Waals surface area contributed by atoms with Crippen molar-refractivity contribution in [1.82, 2.24) is 14.8 Å². The Bertz CT molecular complexity index is 701. The van der Waals surface area contributed by atoms with Gasteiger partial charge in [0.1, 0.15) is 0 Å². The fraction of sp³-hybridized carbons (Fsp3) is 0.333. The van der Waals surface area contributed by atoms with Crippen molar-refractivity contribution in [2.24, 2.45) is 0 Å². The molecule has 1 fully saturated rings. The zero-order valence-electron chi connectivity index (χ0n) is 13.3. The second-order valence-electron chi connectivity index (χ2n) is 5.94. The van der Waals surface area contributed by atoms with Crippen molar-refractivity contribution in [3.63, 3.8) is 0 Å². The van der Waals surface area contributed by atoms with Crippen LogP contribution in [0.4, 0.5) is 0 Å². The molecule has 0 bridgehead atoms. The molecule has 0 atom stereocenters. The van der Waals surface area contributed by atoms with Gasteiger partial charge in [-0.05, 0) is 35.4 Å². The van der Waals surface area contributed by atoms with E-state index in [0.717, 1.165) is 38.3 Å². The Hall–Kier alpha value is -1.62. The molecule has 0 aliphatic carbocycles. The van der Waals surface area contributed by atoms with E-state index >= 15 is 0 Å². The summed E-state index contributed by atoms with van der Waals surface area (Å²) in [6, 6.07) is 9.41. The number of rotatable bonds is 4. The molecule has 0 N–H and O–H groups in total. The maximum absolute atomic E-state index is 12.5. The highest BCUT2D eigenvalue weighted by Gasteiger charge is 2.21. The summed E-state index contributed by atoms with van der Waals surface area (Å²) in [6.07, 6.45) is 3.99. The number of amides is 1. The van der Waals surface area contributed by atoms with Gasteiger partial charge in [-0.15, -0.1) is 0 Å². The molecule has 1 saturated heterocycles. The molecule has 0 unspecified atom stereocenters. The fourth-order valence-electron chi connectivity index (χ4n) is 2.84. The molecule has 1 aromatic carbocycles. The highest BCUT2D eigenvalue weighted by atomic mass is 35.5. The lowest BCUT2D eigenvalue weighted by Gasteiger charge is -2.34. The normalized spacial score (nSPS) is 15.5. The Labute approximate surface area is 152 Å². The van der Waals surface area contributed by atoms with E-state index in [1.165, 1.54) is 5.56 Å². The Morgan fingerprint density at radius 3 is 2.33 bits per heavy atom. The molecule has 4 nitrogen and oxygen atoms in total. The lowest BCUT2D eigenvalue weighted by Crippen LogP contribution is -2.48. The predicted molar refractivity (Wildman–Crippen MR) is 96.3 cm³/mol. The van der Waals surface area contributed by atoms with E-state index in [1.807, 2.05) is 35.5 Å². The number of hydrogen-bond donors (Lipinski definition) is 0. The van der Waals surface area contributed by atoms with Crippen LogP contribution in [-0.2, 0) is 17.8 Å². The van der Waals surface area contributed by atoms with Crippen LogP contribution in [-0.4, -0.2) is 46.9 Å². The van der Waals surface area contributed by atoms with Crippen molar-refractivity contribution in [3.05, 3.63) is 63.9 Å². The highest BCUT2D eigenvalue weighted by molar-refractivity contribution is 6.42. The van der Waals surface area contributed by atoms with Crippen LogP contribution in [0.3, 0.4) is 0 Å². The van der Waals surface area contributed by atoms with E-state index in [2.05, 4.69) is 9.88 Å². The summed E-state index contributed by atoms with van der Waals surface area (Å²) in [5.74, 6) is 0.136. The van der Waals surface area contributed by atoms with Crippen molar-refractivity contribution >= 4 is 29.1 Å². The van der Waals surface area contributed by atoms with Crippen LogP contribution >= 0.6 is 23.2 Å². The Morgan fingerprint density at radius 2 is 1.67 bits per heavy atom. The quantitative estimate of drug-likeness (QED) is 0.836. The molecule has 0 spiro atoms. The van der Waals surface area contributed by atoms with Crippen LogP contribution in [0.15, 0.2) is 42.7 Å². The van der Waals surface area contributed by atoms with Crippen molar-refractivity contribution in [2.45, 2.75) is 13.0 Å². The fourth-order valence-corrected chi connectivity index (χ4v) is 3.16. The molecular formula is C18H19Cl2N3O. The van der Waals surface area contributed by atoms with Gasteiger partial charge in [0.2, 0.25) is 5.91 Å². The van der Waals surface area contributed by atoms with E-state index in [0.29, 0.717) is 16.5 Å². The number of aromatic nitrogens is 1.